The van der Waals surface area contributed by atoms with Crippen molar-refractivity contribution in [2.45, 2.75) is 30.7 Å². The number of rotatable bonds is 9. The molecular formula is C26H29N5O6S2. The second-order valence-electron chi connectivity index (χ2n) is 9.32. The van der Waals surface area contributed by atoms with Crippen LogP contribution in [0.5, 0.6) is 0 Å². The van der Waals surface area contributed by atoms with E-state index in [-0.39, 0.29) is 16.5 Å². The molecule has 3 aromatic rings. The van der Waals surface area contributed by atoms with Crippen LogP contribution in [-0.4, -0.2) is 72.4 Å². The summed E-state index contributed by atoms with van der Waals surface area (Å²) in [6, 6.07) is 12.9. The summed E-state index contributed by atoms with van der Waals surface area (Å²) < 4.78 is 34.7. The molecule has 0 spiro atoms. The Kier molecular flexibility index (Phi) is 8.21. The van der Waals surface area contributed by atoms with Gasteiger partial charge in [0.05, 0.1) is 34.4 Å². The van der Waals surface area contributed by atoms with E-state index in [0.717, 1.165) is 30.6 Å². The van der Waals surface area contributed by atoms with Gasteiger partial charge in [-0.1, -0.05) is 0 Å². The van der Waals surface area contributed by atoms with Gasteiger partial charge in [-0.15, -0.1) is 11.3 Å². The van der Waals surface area contributed by atoms with Crippen LogP contribution in [0.4, 0.5) is 11.4 Å². The largest absolute Gasteiger partial charge is 0.379 e. The Morgan fingerprint density at radius 2 is 1.72 bits per heavy atom. The first kappa shape index (κ1) is 27.2. The second-order valence-corrected chi connectivity index (χ2v) is 12.1. The Morgan fingerprint density at radius 3 is 2.36 bits per heavy atom. The highest BCUT2D eigenvalue weighted by atomic mass is 32.2. The van der Waals surface area contributed by atoms with Gasteiger partial charge in [-0.25, -0.2) is 13.4 Å². The number of likely N-dealkylation sites (tertiary alicyclic amines) is 1. The average Bonchev–Trinajstić information content (AvgIpc) is 3.55. The van der Waals surface area contributed by atoms with Crippen LogP contribution in [0.2, 0.25) is 0 Å². The van der Waals surface area contributed by atoms with E-state index in [1.807, 2.05) is 14.8 Å². The Morgan fingerprint density at radius 1 is 1.00 bits per heavy atom. The lowest BCUT2D eigenvalue weighted by molar-refractivity contribution is -0.384. The number of ether oxygens (including phenoxy) is 1. The number of morpholine rings is 1. The maximum Gasteiger partial charge on any atom is 0.269 e. The molecule has 2 saturated heterocycles. The fraction of sp³-hybridized carbons (Fsp3) is 0.385. The summed E-state index contributed by atoms with van der Waals surface area (Å²) in [7, 11) is -3.60. The molecule has 0 saturated carbocycles. The Labute approximate surface area is 230 Å². The van der Waals surface area contributed by atoms with Crippen molar-refractivity contribution >= 4 is 38.6 Å². The van der Waals surface area contributed by atoms with Gasteiger partial charge in [0.15, 0.2) is 4.80 Å². The van der Waals surface area contributed by atoms with Crippen molar-refractivity contribution in [1.29, 1.82) is 0 Å². The van der Waals surface area contributed by atoms with E-state index in [1.165, 1.54) is 27.8 Å². The number of thiazole rings is 1. The number of sulfonamides is 1. The van der Waals surface area contributed by atoms with Gasteiger partial charge in [-0.05, 0) is 54.8 Å². The Balaban J connectivity index is 1.43. The van der Waals surface area contributed by atoms with Crippen molar-refractivity contribution in [2.75, 3.05) is 39.4 Å². The van der Waals surface area contributed by atoms with E-state index < -0.39 is 14.9 Å². The van der Waals surface area contributed by atoms with Crippen LogP contribution in [0, 0.1) is 10.1 Å². The van der Waals surface area contributed by atoms with E-state index in [9.17, 15) is 23.3 Å². The molecule has 11 nitrogen and oxygen atoms in total. The monoisotopic (exact) mass is 571 g/mol. The fourth-order valence-corrected chi connectivity index (χ4v) is 7.08. The Bertz CT molecular complexity index is 1510. The first-order valence-electron chi connectivity index (χ1n) is 12.8. The summed E-state index contributed by atoms with van der Waals surface area (Å²) in [6.07, 6.45) is 2.21. The maximum atomic E-state index is 13.0. The van der Waals surface area contributed by atoms with Gasteiger partial charge in [0.25, 0.3) is 5.69 Å². The van der Waals surface area contributed by atoms with Crippen molar-refractivity contribution in [1.82, 2.24) is 13.8 Å². The molecule has 1 aromatic heterocycles. The van der Waals surface area contributed by atoms with Crippen LogP contribution in [0.3, 0.4) is 0 Å². The molecular weight excluding hydrogens is 542 g/mol. The first-order valence-corrected chi connectivity index (χ1v) is 15.1. The van der Waals surface area contributed by atoms with Crippen molar-refractivity contribution in [3.63, 3.8) is 0 Å². The summed E-state index contributed by atoms with van der Waals surface area (Å²) in [6.45, 7) is 3.45. The summed E-state index contributed by atoms with van der Waals surface area (Å²) in [5, 5.41) is 13.1. The number of carbonyl (C=O) groups excluding carboxylic acids is 1. The van der Waals surface area contributed by atoms with Crippen molar-refractivity contribution in [2.24, 2.45) is 4.99 Å². The molecule has 3 heterocycles. The highest BCUT2D eigenvalue weighted by Gasteiger charge is 2.26. The van der Waals surface area contributed by atoms with Crippen molar-refractivity contribution in [3.05, 3.63) is 68.8 Å². The number of aromatic nitrogens is 1. The van der Waals surface area contributed by atoms with Crippen LogP contribution in [0.15, 0.2) is 63.8 Å². The predicted octanol–water partition coefficient (Wildman–Crippen LogP) is 3.39. The zero-order valence-corrected chi connectivity index (χ0v) is 22.9. The number of carbonyl (C=O) groups is 1. The van der Waals surface area contributed by atoms with Crippen LogP contribution in [0.25, 0.3) is 11.3 Å². The lowest BCUT2D eigenvalue weighted by Gasteiger charge is -2.26. The van der Waals surface area contributed by atoms with Gasteiger partial charge in [-0.3, -0.25) is 14.9 Å². The number of hydrogen-bond donors (Lipinski definition) is 0. The molecule has 39 heavy (non-hydrogen) atoms. The van der Waals surface area contributed by atoms with Gasteiger partial charge in [0.1, 0.15) is 0 Å². The summed E-state index contributed by atoms with van der Waals surface area (Å²) >= 11 is 1.43. The van der Waals surface area contributed by atoms with Crippen LogP contribution in [0.1, 0.15) is 19.3 Å². The molecule has 0 N–H and O–H groups in total. The quantitative estimate of drug-likeness (QED) is 0.286. The minimum absolute atomic E-state index is 0.0186. The first-order chi connectivity index (χ1) is 18.8. The minimum atomic E-state index is -3.60. The molecule has 206 valence electrons. The lowest BCUT2D eigenvalue weighted by atomic mass is 10.1. The number of amides is 1. The van der Waals surface area contributed by atoms with E-state index >= 15 is 0 Å². The highest BCUT2D eigenvalue weighted by Crippen LogP contribution is 2.25. The van der Waals surface area contributed by atoms with E-state index in [1.54, 1.807) is 36.4 Å². The second kappa shape index (κ2) is 11.8. The minimum Gasteiger partial charge on any atom is -0.379 e. The third kappa shape index (κ3) is 6.11. The fourth-order valence-electron chi connectivity index (χ4n) is 4.72. The molecule has 2 aliphatic rings. The number of non-ortho nitro benzene ring substituents is 1. The SMILES string of the molecule is O=C1CCCN1CCCn1c(-c2ccc([N+](=O)[O-])cc2)csc1=Nc1ccc(S(=O)(=O)N2CCOCC2)cc1. The summed E-state index contributed by atoms with van der Waals surface area (Å²) in [4.78, 5) is 30.3. The molecule has 2 fully saturated rings. The van der Waals surface area contributed by atoms with E-state index in [4.69, 9.17) is 9.73 Å². The highest BCUT2D eigenvalue weighted by molar-refractivity contribution is 7.89. The summed E-state index contributed by atoms with van der Waals surface area (Å²) in [5.41, 5.74) is 2.32. The van der Waals surface area contributed by atoms with Gasteiger partial charge in [0, 0.05) is 56.7 Å². The molecule has 2 aromatic carbocycles. The molecule has 0 bridgehead atoms. The molecule has 0 unspecified atom stereocenters. The predicted molar refractivity (Wildman–Crippen MR) is 146 cm³/mol. The van der Waals surface area contributed by atoms with Crippen LogP contribution >= 0.6 is 11.3 Å². The van der Waals surface area contributed by atoms with Crippen LogP contribution in [-0.2, 0) is 26.1 Å². The third-order valence-electron chi connectivity index (χ3n) is 6.82. The van der Waals surface area contributed by atoms with Crippen molar-refractivity contribution in [3.8, 4) is 11.3 Å². The van der Waals surface area contributed by atoms with Gasteiger partial charge < -0.3 is 14.2 Å². The smallest absolute Gasteiger partial charge is 0.269 e. The van der Waals surface area contributed by atoms with Gasteiger partial charge in [0.2, 0.25) is 15.9 Å². The zero-order valence-electron chi connectivity index (χ0n) is 21.3. The molecule has 5 rings (SSSR count). The molecule has 2 aliphatic heterocycles. The van der Waals surface area contributed by atoms with E-state index in [2.05, 4.69) is 0 Å². The van der Waals surface area contributed by atoms with Crippen molar-refractivity contribution < 1.29 is 22.9 Å². The molecule has 0 atom stereocenters. The normalized spacial score (nSPS) is 17.2. The topological polar surface area (TPSA) is 127 Å². The summed E-state index contributed by atoms with van der Waals surface area (Å²) in [5.74, 6) is 0.179. The number of benzene rings is 2. The number of nitrogens with zero attached hydrogens (tertiary/aromatic N) is 5. The zero-order chi connectivity index (χ0) is 27.4. The standard InChI is InChI=1S/C26H29N5O6S2/c32-25-3-1-12-28(25)13-2-14-30-24(20-4-8-22(9-5-20)31(33)34)19-38-26(30)27-21-6-10-23(11-7-21)39(35,36)29-15-17-37-18-16-29/h4-11,19H,1-3,12-18H2. The number of hydrogen-bond acceptors (Lipinski definition) is 8. The van der Waals surface area contributed by atoms with Gasteiger partial charge in [-0.2, -0.15) is 4.31 Å². The van der Waals surface area contributed by atoms with E-state index in [0.29, 0.717) is 56.3 Å². The number of nitro groups is 1. The van der Waals surface area contributed by atoms with Crippen LogP contribution < -0.4 is 4.80 Å². The Hall–Kier alpha value is -3.39. The third-order valence-corrected chi connectivity index (χ3v) is 9.60. The average molecular weight is 572 g/mol. The molecule has 0 aliphatic carbocycles. The molecule has 13 heteroatoms. The number of nitro benzene ring substituents is 1. The molecule has 1 amide bonds. The maximum absolute atomic E-state index is 13.0. The lowest BCUT2D eigenvalue weighted by Crippen LogP contribution is -2.40. The van der Waals surface area contributed by atoms with Gasteiger partial charge >= 0.3 is 0 Å². The molecule has 0 radical (unpaired) electrons.